The van der Waals surface area contributed by atoms with Crippen molar-refractivity contribution in [2.24, 2.45) is 0 Å². The molecule has 2 rings (SSSR count). The maximum atomic E-state index is 11.9. The van der Waals surface area contributed by atoms with E-state index >= 15 is 0 Å². The predicted octanol–water partition coefficient (Wildman–Crippen LogP) is 3.10. The van der Waals surface area contributed by atoms with Crippen molar-refractivity contribution in [1.82, 2.24) is 4.72 Å². The van der Waals surface area contributed by atoms with Gasteiger partial charge in [0.2, 0.25) is 10.0 Å². The quantitative estimate of drug-likeness (QED) is 0.757. The van der Waals surface area contributed by atoms with Gasteiger partial charge in [0.15, 0.2) is 0 Å². The second kappa shape index (κ2) is 8.50. The molecule has 0 spiro atoms. The van der Waals surface area contributed by atoms with E-state index in [-0.39, 0.29) is 0 Å². The lowest BCUT2D eigenvalue weighted by Gasteiger charge is -2.18. The molecule has 23 heavy (non-hydrogen) atoms. The number of benzene rings is 2. The third-order valence-corrected chi connectivity index (χ3v) is 4.51. The minimum atomic E-state index is -3.39. The molecule has 0 aromatic heterocycles. The Bertz CT molecular complexity index is 713. The predicted molar refractivity (Wildman–Crippen MR) is 96.7 cm³/mol. The van der Waals surface area contributed by atoms with Gasteiger partial charge in [-0.3, -0.25) is 0 Å². The average Bonchev–Trinajstić information content (AvgIpc) is 2.58. The number of para-hydroxylation sites is 1. The lowest BCUT2D eigenvalue weighted by molar-refractivity contribution is 0.588. The number of nitrogens with one attached hydrogen (secondary N) is 1. The Morgan fingerprint density at radius 1 is 1.00 bits per heavy atom. The summed E-state index contributed by atoms with van der Waals surface area (Å²) in [6.07, 6.45) is 2.34. The van der Waals surface area contributed by atoms with Gasteiger partial charge in [0.05, 0.1) is 0 Å². The summed E-state index contributed by atoms with van der Waals surface area (Å²) >= 11 is 0. The molecular weight excluding hydrogens is 308 g/mol. The van der Waals surface area contributed by atoms with Crippen LogP contribution >= 0.6 is 0 Å². The van der Waals surface area contributed by atoms with E-state index in [0.717, 1.165) is 24.2 Å². The monoisotopic (exact) mass is 330 g/mol. The van der Waals surface area contributed by atoms with Crippen molar-refractivity contribution >= 4 is 21.8 Å². The highest BCUT2D eigenvalue weighted by atomic mass is 32.2. The van der Waals surface area contributed by atoms with Crippen molar-refractivity contribution in [3.8, 4) is 0 Å². The first-order valence-electron chi connectivity index (χ1n) is 7.56. The van der Waals surface area contributed by atoms with E-state index < -0.39 is 10.0 Å². The zero-order chi connectivity index (χ0) is 16.5. The molecule has 4 nitrogen and oxygen atoms in total. The molecule has 0 aliphatic heterocycles. The molecule has 1 N–H and O–H groups in total. The second-order valence-electron chi connectivity index (χ2n) is 5.26. The summed E-state index contributed by atoms with van der Waals surface area (Å²) in [7, 11) is -1.39. The average molecular weight is 330 g/mol. The van der Waals surface area contributed by atoms with Crippen molar-refractivity contribution in [3.05, 3.63) is 71.6 Å². The number of nitrogens with zero attached hydrogens (tertiary/aromatic N) is 1. The molecule has 0 heterocycles. The lowest BCUT2D eigenvalue weighted by Crippen LogP contribution is -2.26. The molecule has 5 heteroatoms. The Morgan fingerprint density at radius 3 is 2.26 bits per heavy atom. The van der Waals surface area contributed by atoms with Crippen molar-refractivity contribution in [2.45, 2.75) is 6.42 Å². The van der Waals surface area contributed by atoms with Crippen LogP contribution in [0.15, 0.2) is 66.1 Å². The molecule has 0 amide bonds. The highest BCUT2D eigenvalue weighted by Crippen LogP contribution is 2.10. The van der Waals surface area contributed by atoms with E-state index in [0.29, 0.717) is 6.54 Å². The van der Waals surface area contributed by atoms with Gasteiger partial charge in [0, 0.05) is 31.2 Å². The van der Waals surface area contributed by atoms with E-state index in [1.54, 1.807) is 6.08 Å². The van der Waals surface area contributed by atoms with Gasteiger partial charge in [-0.25, -0.2) is 13.1 Å². The van der Waals surface area contributed by atoms with Crippen LogP contribution in [0.25, 0.3) is 6.08 Å². The highest BCUT2D eigenvalue weighted by Gasteiger charge is 2.05. The van der Waals surface area contributed by atoms with Crippen LogP contribution in [0.2, 0.25) is 0 Å². The Hall–Kier alpha value is -2.11. The fraction of sp³-hybridized carbons (Fsp3) is 0.222. The minimum Gasteiger partial charge on any atom is -0.375 e. The first kappa shape index (κ1) is 17.2. The van der Waals surface area contributed by atoms with Crippen molar-refractivity contribution < 1.29 is 8.42 Å². The molecule has 122 valence electrons. The number of anilines is 1. The summed E-state index contributed by atoms with van der Waals surface area (Å²) < 4.78 is 26.4. The molecule has 2 aromatic carbocycles. The molecular formula is C18H22N2O2S. The van der Waals surface area contributed by atoms with Crippen LogP contribution in [0.5, 0.6) is 0 Å². The molecule has 2 aromatic rings. The standard InChI is InChI=1S/C18H22N2O2S/c1-20(18-11-6-3-7-12-18)15-8-14-19-23(21,22)16-13-17-9-4-2-5-10-17/h2-7,9-13,16,19H,8,14-15H2,1H3/b16-13+. The topological polar surface area (TPSA) is 49.4 Å². The summed E-state index contributed by atoms with van der Waals surface area (Å²) in [5, 5.41) is 1.21. The van der Waals surface area contributed by atoms with Crippen LogP contribution in [0, 0.1) is 0 Å². The number of hydrogen-bond acceptors (Lipinski definition) is 3. The maximum Gasteiger partial charge on any atom is 0.233 e. The summed E-state index contributed by atoms with van der Waals surface area (Å²) in [6, 6.07) is 19.4. The van der Waals surface area contributed by atoms with Gasteiger partial charge in [-0.1, -0.05) is 48.5 Å². The number of rotatable bonds is 8. The van der Waals surface area contributed by atoms with E-state index in [9.17, 15) is 8.42 Å². The fourth-order valence-corrected chi connectivity index (χ4v) is 2.98. The number of hydrogen-bond donors (Lipinski definition) is 1. The van der Waals surface area contributed by atoms with E-state index in [1.165, 1.54) is 5.41 Å². The van der Waals surface area contributed by atoms with E-state index in [1.807, 2.05) is 67.7 Å². The molecule has 0 bridgehead atoms. The summed E-state index contributed by atoms with van der Waals surface area (Å²) in [6.45, 7) is 1.20. The van der Waals surface area contributed by atoms with Gasteiger partial charge in [0.25, 0.3) is 0 Å². The maximum absolute atomic E-state index is 11.9. The Balaban J connectivity index is 1.76. The Labute approximate surface area is 138 Å². The van der Waals surface area contributed by atoms with Crippen LogP contribution < -0.4 is 9.62 Å². The third kappa shape index (κ3) is 6.26. The van der Waals surface area contributed by atoms with Crippen LogP contribution in [0.1, 0.15) is 12.0 Å². The minimum absolute atomic E-state index is 0.415. The van der Waals surface area contributed by atoms with Gasteiger partial charge >= 0.3 is 0 Å². The van der Waals surface area contributed by atoms with Crippen molar-refractivity contribution in [1.29, 1.82) is 0 Å². The first-order chi connectivity index (χ1) is 11.1. The summed E-state index contributed by atoms with van der Waals surface area (Å²) in [4.78, 5) is 2.11. The molecule has 0 saturated carbocycles. The number of sulfonamides is 1. The van der Waals surface area contributed by atoms with Gasteiger partial charge in [-0.05, 0) is 30.2 Å². The van der Waals surface area contributed by atoms with Gasteiger partial charge in [0.1, 0.15) is 0 Å². The summed E-state index contributed by atoms with van der Waals surface area (Å²) in [5.41, 5.74) is 1.99. The third-order valence-electron chi connectivity index (χ3n) is 3.41. The van der Waals surface area contributed by atoms with E-state index in [2.05, 4.69) is 9.62 Å². The second-order valence-corrected chi connectivity index (χ2v) is 6.91. The molecule has 0 aliphatic rings. The molecule has 0 saturated heterocycles. The van der Waals surface area contributed by atoms with Gasteiger partial charge in [-0.2, -0.15) is 0 Å². The molecule has 0 radical (unpaired) electrons. The molecule has 0 fully saturated rings. The molecule has 0 atom stereocenters. The zero-order valence-corrected chi connectivity index (χ0v) is 14.0. The Kier molecular flexibility index (Phi) is 6.38. The zero-order valence-electron chi connectivity index (χ0n) is 13.2. The van der Waals surface area contributed by atoms with Crippen LogP contribution in [0.4, 0.5) is 5.69 Å². The molecule has 0 aliphatic carbocycles. The molecule has 0 unspecified atom stereocenters. The normalized spacial score (nSPS) is 11.7. The lowest BCUT2D eigenvalue weighted by atomic mass is 10.2. The summed E-state index contributed by atoms with van der Waals surface area (Å²) in [5.74, 6) is 0. The largest absolute Gasteiger partial charge is 0.375 e. The SMILES string of the molecule is CN(CCCNS(=O)(=O)/C=C/c1ccccc1)c1ccccc1. The first-order valence-corrected chi connectivity index (χ1v) is 9.10. The Morgan fingerprint density at radius 2 is 1.61 bits per heavy atom. The van der Waals surface area contributed by atoms with Gasteiger partial charge in [-0.15, -0.1) is 0 Å². The van der Waals surface area contributed by atoms with Crippen LogP contribution in [-0.4, -0.2) is 28.6 Å². The van der Waals surface area contributed by atoms with Crippen LogP contribution in [0.3, 0.4) is 0 Å². The fourth-order valence-electron chi connectivity index (χ4n) is 2.12. The smallest absolute Gasteiger partial charge is 0.233 e. The highest BCUT2D eigenvalue weighted by molar-refractivity contribution is 7.92. The van der Waals surface area contributed by atoms with Crippen molar-refractivity contribution in [3.63, 3.8) is 0 Å². The van der Waals surface area contributed by atoms with Crippen LogP contribution in [-0.2, 0) is 10.0 Å². The van der Waals surface area contributed by atoms with Crippen molar-refractivity contribution in [2.75, 3.05) is 25.0 Å². The van der Waals surface area contributed by atoms with E-state index in [4.69, 9.17) is 0 Å². The van der Waals surface area contributed by atoms with Gasteiger partial charge < -0.3 is 4.90 Å².